The molecule has 2 aromatic carbocycles. The van der Waals surface area contributed by atoms with Crippen LogP contribution < -0.4 is 24.4 Å². The van der Waals surface area contributed by atoms with Crippen molar-refractivity contribution in [3.8, 4) is 17.2 Å². The quantitative estimate of drug-likeness (QED) is 0.857. The lowest BCUT2D eigenvalue weighted by Gasteiger charge is -2.31. The number of carbonyl (C=O) groups excluding carboxylic acids is 2. The number of amides is 2. The maximum Gasteiger partial charge on any atom is 0.269 e. The number of rotatable bonds is 4. The number of carbonyl (C=O) groups is 2. The van der Waals surface area contributed by atoms with Gasteiger partial charge in [-0.25, -0.2) is 0 Å². The van der Waals surface area contributed by atoms with Crippen molar-refractivity contribution in [2.75, 3.05) is 23.9 Å². The number of benzene rings is 2. The molecule has 0 spiro atoms. The molecule has 1 fully saturated rings. The van der Waals surface area contributed by atoms with Crippen molar-refractivity contribution in [3.63, 3.8) is 0 Å². The number of para-hydroxylation sites is 2. The van der Waals surface area contributed by atoms with Crippen LogP contribution in [0.1, 0.15) is 26.2 Å². The first kappa shape index (κ1) is 19.1. The molecule has 29 heavy (non-hydrogen) atoms. The Balaban J connectivity index is 1.54. The van der Waals surface area contributed by atoms with Crippen molar-refractivity contribution in [1.29, 1.82) is 0 Å². The normalized spacial score (nSPS) is 20.9. The molecule has 0 radical (unpaired) electrons. The van der Waals surface area contributed by atoms with E-state index >= 15 is 0 Å². The zero-order valence-corrected chi connectivity index (χ0v) is 16.5. The first-order chi connectivity index (χ1) is 14.1. The number of hydrogen-bond acceptors (Lipinski definition) is 5. The molecule has 2 heterocycles. The van der Waals surface area contributed by atoms with Gasteiger partial charge in [-0.15, -0.1) is 0 Å². The molecule has 2 aliphatic rings. The van der Waals surface area contributed by atoms with Gasteiger partial charge in [0, 0.05) is 18.7 Å². The Labute approximate surface area is 169 Å². The van der Waals surface area contributed by atoms with E-state index in [1.807, 2.05) is 18.2 Å². The maximum absolute atomic E-state index is 12.9. The van der Waals surface area contributed by atoms with E-state index < -0.39 is 12.2 Å². The third-order valence-corrected chi connectivity index (χ3v) is 5.16. The zero-order valence-electron chi connectivity index (χ0n) is 16.5. The molecular weight excluding hydrogens is 372 g/mol. The van der Waals surface area contributed by atoms with Gasteiger partial charge in [-0.2, -0.15) is 0 Å². The highest BCUT2D eigenvalue weighted by molar-refractivity contribution is 5.99. The van der Waals surface area contributed by atoms with Crippen LogP contribution in [0.4, 0.5) is 11.4 Å². The lowest BCUT2D eigenvalue weighted by Crippen LogP contribution is -2.46. The number of hydrogen-bond donors (Lipinski definition) is 1. The van der Waals surface area contributed by atoms with E-state index in [2.05, 4.69) is 5.32 Å². The summed E-state index contributed by atoms with van der Waals surface area (Å²) < 4.78 is 17.1. The van der Waals surface area contributed by atoms with Gasteiger partial charge in [0.2, 0.25) is 12.0 Å². The fourth-order valence-corrected chi connectivity index (χ4v) is 3.66. The molecule has 1 saturated heterocycles. The highest BCUT2D eigenvalue weighted by Gasteiger charge is 2.34. The second-order valence-corrected chi connectivity index (χ2v) is 7.19. The molecule has 2 atom stereocenters. The molecule has 0 saturated carbocycles. The third-order valence-electron chi connectivity index (χ3n) is 5.16. The third kappa shape index (κ3) is 3.85. The van der Waals surface area contributed by atoms with Crippen LogP contribution in [0.15, 0.2) is 42.5 Å². The molecule has 7 heteroatoms. The average Bonchev–Trinajstić information content (AvgIpc) is 2.73. The molecule has 7 nitrogen and oxygen atoms in total. The highest BCUT2D eigenvalue weighted by Crippen LogP contribution is 2.35. The van der Waals surface area contributed by atoms with Crippen molar-refractivity contribution < 1.29 is 23.8 Å². The number of nitrogens with zero attached hydrogens (tertiary/aromatic N) is 1. The van der Waals surface area contributed by atoms with Gasteiger partial charge in [-0.1, -0.05) is 12.1 Å². The summed E-state index contributed by atoms with van der Waals surface area (Å²) in [6, 6.07) is 12.5. The Morgan fingerprint density at radius 2 is 1.90 bits per heavy atom. The molecule has 2 aliphatic heterocycles. The van der Waals surface area contributed by atoms with Crippen molar-refractivity contribution in [2.45, 2.75) is 38.4 Å². The van der Waals surface area contributed by atoms with E-state index in [0.717, 1.165) is 12.8 Å². The Kier molecular flexibility index (Phi) is 5.29. The molecule has 2 amide bonds. The van der Waals surface area contributed by atoms with Crippen LogP contribution in [0, 0.1) is 0 Å². The predicted molar refractivity (Wildman–Crippen MR) is 109 cm³/mol. The number of methoxy groups -OCH3 is 1. The van der Waals surface area contributed by atoms with Gasteiger partial charge < -0.3 is 24.4 Å². The molecule has 0 unspecified atom stereocenters. The number of ether oxygens (including phenoxy) is 3. The monoisotopic (exact) mass is 396 g/mol. The number of nitrogens with one attached hydrogen (secondary N) is 1. The fourth-order valence-electron chi connectivity index (χ4n) is 3.66. The second kappa shape index (κ2) is 8.03. The summed E-state index contributed by atoms with van der Waals surface area (Å²) in [7, 11) is 1.57. The summed E-state index contributed by atoms with van der Waals surface area (Å²) >= 11 is 0. The van der Waals surface area contributed by atoms with Crippen LogP contribution in [0.5, 0.6) is 17.2 Å². The molecule has 0 aliphatic carbocycles. The van der Waals surface area contributed by atoms with Gasteiger partial charge >= 0.3 is 0 Å². The molecule has 2 aromatic rings. The van der Waals surface area contributed by atoms with Crippen molar-refractivity contribution in [1.82, 2.24) is 0 Å². The zero-order chi connectivity index (χ0) is 20.4. The number of piperidine rings is 1. The first-order valence-corrected chi connectivity index (χ1v) is 9.78. The van der Waals surface area contributed by atoms with E-state index in [-0.39, 0.29) is 11.8 Å². The Hall–Kier alpha value is -3.22. The van der Waals surface area contributed by atoms with E-state index in [0.29, 0.717) is 41.6 Å². The summed E-state index contributed by atoms with van der Waals surface area (Å²) in [6.45, 7) is 2.44. The summed E-state index contributed by atoms with van der Waals surface area (Å²) in [6.07, 6.45) is 1.13. The Morgan fingerprint density at radius 3 is 2.62 bits per heavy atom. The molecule has 4 rings (SSSR count). The fraction of sp³-hybridized carbons (Fsp3) is 0.364. The minimum absolute atomic E-state index is 0.0623. The van der Waals surface area contributed by atoms with Crippen LogP contribution in [-0.4, -0.2) is 37.7 Å². The van der Waals surface area contributed by atoms with Crippen LogP contribution in [0.2, 0.25) is 0 Å². The summed E-state index contributed by atoms with van der Waals surface area (Å²) in [5, 5.41) is 2.88. The standard InChI is InChI=1S/C22H24N2O5/c1-14-21(29-19-8-4-3-7-18(19)28-14)22(26)23-15-10-11-17(27-2)16(13-15)24-12-6-5-9-20(24)25/h3-4,7-8,10-11,13-14,21H,5-6,9,12H2,1-2H3,(H,23,26)/t14-,21-/m1/s1. The van der Waals surface area contributed by atoms with E-state index in [1.165, 1.54) is 0 Å². The lowest BCUT2D eigenvalue weighted by molar-refractivity contribution is -0.128. The van der Waals surface area contributed by atoms with Gasteiger partial charge in [-0.05, 0) is 50.1 Å². The first-order valence-electron chi connectivity index (χ1n) is 9.78. The molecule has 152 valence electrons. The topological polar surface area (TPSA) is 77.1 Å². The predicted octanol–water partition coefficient (Wildman–Crippen LogP) is 3.38. The van der Waals surface area contributed by atoms with Gasteiger partial charge in [-0.3, -0.25) is 9.59 Å². The molecule has 1 N–H and O–H groups in total. The van der Waals surface area contributed by atoms with Gasteiger partial charge in [0.15, 0.2) is 11.5 Å². The molecular formula is C22H24N2O5. The van der Waals surface area contributed by atoms with Crippen LogP contribution in [0.25, 0.3) is 0 Å². The summed E-state index contributed by atoms with van der Waals surface area (Å²) in [4.78, 5) is 26.9. The summed E-state index contributed by atoms with van der Waals surface area (Å²) in [5.74, 6) is 1.51. The van der Waals surface area contributed by atoms with Crippen molar-refractivity contribution in [2.24, 2.45) is 0 Å². The lowest BCUT2D eigenvalue weighted by atomic mass is 10.1. The highest BCUT2D eigenvalue weighted by atomic mass is 16.6. The minimum Gasteiger partial charge on any atom is -0.495 e. The maximum atomic E-state index is 12.9. The smallest absolute Gasteiger partial charge is 0.269 e. The average molecular weight is 396 g/mol. The van der Waals surface area contributed by atoms with Crippen LogP contribution in [0.3, 0.4) is 0 Å². The number of fused-ring (bicyclic) bond motifs is 1. The number of anilines is 2. The second-order valence-electron chi connectivity index (χ2n) is 7.19. The summed E-state index contributed by atoms with van der Waals surface area (Å²) in [5.41, 5.74) is 1.23. The largest absolute Gasteiger partial charge is 0.495 e. The van der Waals surface area contributed by atoms with E-state index in [4.69, 9.17) is 14.2 Å². The van der Waals surface area contributed by atoms with E-state index in [9.17, 15) is 9.59 Å². The van der Waals surface area contributed by atoms with Gasteiger partial charge in [0.25, 0.3) is 5.91 Å². The van der Waals surface area contributed by atoms with Gasteiger partial charge in [0.05, 0.1) is 12.8 Å². The van der Waals surface area contributed by atoms with Gasteiger partial charge in [0.1, 0.15) is 11.9 Å². The Morgan fingerprint density at radius 1 is 1.14 bits per heavy atom. The van der Waals surface area contributed by atoms with Crippen LogP contribution >= 0.6 is 0 Å². The van der Waals surface area contributed by atoms with Crippen LogP contribution in [-0.2, 0) is 9.59 Å². The SMILES string of the molecule is COc1ccc(NC(=O)[C@@H]2Oc3ccccc3O[C@@H]2C)cc1N1CCCCC1=O. The van der Waals surface area contributed by atoms with Crippen molar-refractivity contribution >= 4 is 23.2 Å². The molecule has 0 aromatic heterocycles. The van der Waals surface area contributed by atoms with E-state index in [1.54, 1.807) is 43.2 Å². The molecule has 0 bridgehead atoms. The van der Waals surface area contributed by atoms with Crippen molar-refractivity contribution in [3.05, 3.63) is 42.5 Å². The Bertz CT molecular complexity index is 929. The minimum atomic E-state index is -0.785.